The molecule has 0 aliphatic carbocycles. The van der Waals surface area contributed by atoms with Crippen LogP contribution < -0.4 is 14.8 Å². The highest BCUT2D eigenvalue weighted by Gasteiger charge is 2.40. The highest BCUT2D eigenvalue weighted by molar-refractivity contribution is 6.00. The van der Waals surface area contributed by atoms with E-state index in [9.17, 15) is 9.59 Å². The summed E-state index contributed by atoms with van der Waals surface area (Å²) >= 11 is 0. The molecule has 0 unspecified atom stereocenters. The quantitative estimate of drug-likeness (QED) is 0.827. The van der Waals surface area contributed by atoms with Gasteiger partial charge in [-0.25, -0.2) is 9.59 Å². The second-order valence-electron chi connectivity index (χ2n) is 5.93. The Kier molecular flexibility index (Phi) is 4.88. The number of carbonyl (C=O) groups is 2. The van der Waals surface area contributed by atoms with Crippen molar-refractivity contribution in [3.63, 3.8) is 0 Å². The van der Waals surface area contributed by atoms with Crippen LogP contribution in [0.2, 0.25) is 0 Å². The van der Waals surface area contributed by atoms with Crippen LogP contribution >= 0.6 is 0 Å². The number of allylic oxidation sites excluding steroid dienone is 2. The van der Waals surface area contributed by atoms with Gasteiger partial charge in [-0.3, -0.25) is 0 Å². The van der Waals surface area contributed by atoms with Gasteiger partial charge in [0.25, 0.3) is 0 Å². The maximum Gasteiger partial charge on any atom is 0.336 e. The van der Waals surface area contributed by atoms with E-state index in [0.717, 1.165) is 0 Å². The number of para-hydroxylation sites is 1. The summed E-state index contributed by atoms with van der Waals surface area (Å²) in [4.78, 5) is 25.2. The largest absolute Gasteiger partial charge is 0.466 e. The van der Waals surface area contributed by atoms with Crippen molar-refractivity contribution in [3.8, 4) is 11.5 Å². The summed E-state index contributed by atoms with van der Waals surface area (Å²) in [7, 11) is 1.31. The van der Waals surface area contributed by atoms with Crippen LogP contribution in [0.1, 0.15) is 32.3 Å². The van der Waals surface area contributed by atoms with E-state index in [1.54, 1.807) is 32.9 Å². The van der Waals surface area contributed by atoms with Crippen molar-refractivity contribution in [2.45, 2.75) is 26.7 Å². The van der Waals surface area contributed by atoms with E-state index >= 15 is 0 Å². The first kappa shape index (κ1) is 17.8. The van der Waals surface area contributed by atoms with Gasteiger partial charge in [-0.15, -0.1) is 0 Å². The van der Waals surface area contributed by atoms with Crippen molar-refractivity contribution in [2.24, 2.45) is 0 Å². The third kappa shape index (κ3) is 2.89. The normalized spacial score (nSPS) is 18.5. The summed E-state index contributed by atoms with van der Waals surface area (Å²) in [5, 5.41) is 3.09. The van der Waals surface area contributed by atoms with Crippen LogP contribution in [0.25, 0.3) is 0 Å². The van der Waals surface area contributed by atoms with Crippen molar-refractivity contribution in [3.05, 3.63) is 46.3 Å². The number of hydrogen-bond donors (Lipinski definition) is 1. The Morgan fingerprint density at radius 1 is 1.15 bits per heavy atom. The Labute approximate surface area is 151 Å². The lowest BCUT2D eigenvalue weighted by Gasteiger charge is -2.30. The van der Waals surface area contributed by atoms with Crippen molar-refractivity contribution < 1.29 is 28.5 Å². The standard InChI is InChI=1S/C19H21NO6/c1-5-24-19(22)15-11(3)20-10(2)14(18(21)23-4)16(15)12-7-6-8-13-17(12)26-9-25-13/h6-8,16,20H,5,9H2,1-4H3/t16-/m1/s1. The number of rotatable bonds is 4. The highest BCUT2D eigenvalue weighted by atomic mass is 16.7. The number of hydrogen-bond acceptors (Lipinski definition) is 7. The maximum atomic E-state index is 12.7. The van der Waals surface area contributed by atoms with E-state index in [-0.39, 0.29) is 13.4 Å². The van der Waals surface area contributed by atoms with Gasteiger partial charge in [0, 0.05) is 17.0 Å². The highest BCUT2D eigenvalue weighted by Crippen LogP contribution is 2.47. The lowest BCUT2D eigenvalue weighted by molar-refractivity contribution is -0.139. The smallest absolute Gasteiger partial charge is 0.336 e. The molecule has 0 bridgehead atoms. The van der Waals surface area contributed by atoms with Gasteiger partial charge in [-0.1, -0.05) is 12.1 Å². The molecule has 1 atom stereocenters. The molecule has 0 fully saturated rings. The summed E-state index contributed by atoms with van der Waals surface area (Å²) in [6.45, 7) is 5.59. The third-order valence-corrected chi connectivity index (χ3v) is 4.40. The fourth-order valence-corrected chi connectivity index (χ4v) is 3.35. The zero-order chi connectivity index (χ0) is 18.8. The Hall–Kier alpha value is -2.96. The zero-order valence-electron chi connectivity index (χ0n) is 15.2. The Bertz CT molecular complexity index is 823. The van der Waals surface area contributed by atoms with Crippen LogP contribution in [-0.2, 0) is 19.1 Å². The van der Waals surface area contributed by atoms with Gasteiger partial charge in [-0.2, -0.15) is 0 Å². The topological polar surface area (TPSA) is 83.1 Å². The fraction of sp³-hybridized carbons (Fsp3) is 0.368. The lowest BCUT2D eigenvalue weighted by Crippen LogP contribution is -2.32. The predicted octanol–water partition coefficient (Wildman–Crippen LogP) is 2.39. The molecular weight excluding hydrogens is 338 g/mol. The van der Waals surface area contributed by atoms with Gasteiger partial charge in [0.2, 0.25) is 6.79 Å². The monoisotopic (exact) mass is 359 g/mol. The molecule has 2 heterocycles. The van der Waals surface area contributed by atoms with Crippen molar-refractivity contribution in [1.29, 1.82) is 0 Å². The van der Waals surface area contributed by atoms with Crippen LogP contribution in [-0.4, -0.2) is 32.4 Å². The first-order chi connectivity index (χ1) is 12.5. The summed E-state index contributed by atoms with van der Waals surface area (Å²) in [6.07, 6.45) is 0. The first-order valence-electron chi connectivity index (χ1n) is 8.32. The molecule has 7 nitrogen and oxygen atoms in total. The number of methoxy groups -OCH3 is 1. The van der Waals surface area contributed by atoms with Gasteiger partial charge >= 0.3 is 11.9 Å². The van der Waals surface area contributed by atoms with Gasteiger partial charge in [0.05, 0.1) is 30.8 Å². The molecule has 0 saturated carbocycles. The van der Waals surface area contributed by atoms with Crippen LogP contribution in [0.4, 0.5) is 0 Å². The van der Waals surface area contributed by atoms with Gasteiger partial charge in [0.1, 0.15) is 0 Å². The molecule has 7 heteroatoms. The number of ether oxygens (including phenoxy) is 4. The fourth-order valence-electron chi connectivity index (χ4n) is 3.35. The van der Waals surface area contributed by atoms with Gasteiger partial charge in [-0.05, 0) is 26.8 Å². The predicted molar refractivity (Wildman–Crippen MR) is 92.5 cm³/mol. The molecule has 2 aliphatic rings. The molecule has 0 aromatic heterocycles. The van der Waals surface area contributed by atoms with E-state index in [2.05, 4.69) is 5.32 Å². The summed E-state index contributed by atoms with van der Waals surface area (Å²) in [5.41, 5.74) is 2.58. The lowest BCUT2D eigenvalue weighted by atomic mass is 9.80. The van der Waals surface area contributed by atoms with Crippen LogP contribution in [0.5, 0.6) is 11.5 Å². The molecule has 138 valence electrons. The Morgan fingerprint density at radius 2 is 1.85 bits per heavy atom. The van der Waals surface area contributed by atoms with E-state index in [1.165, 1.54) is 7.11 Å². The Morgan fingerprint density at radius 3 is 2.50 bits per heavy atom. The summed E-state index contributed by atoms with van der Waals surface area (Å²) in [6, 6.07) is 5.39. The van der Waals surface area contributed by atoms with E-state index < -0.39 is 17.9 Å². The molecule has 3 rings (SSSR count). The third-order valence-electron chi connectivity index (χ3n) is 4.40. The van der Waals surface area contributed by atoms with Crippen molar-refractivity contribution in [2.75, 3.05) is 20.5 Å². The molecule has 1 aromatic rings. The average molecular weight is 359 g/mol. The van der Waals surface area contributed by atoms with Gasteiger partial charge < -0.3 is 24.3 Å². The Balaban J connectivity index is 2.22. The second-order valence-corrected chi connectivity index (χ2v) is 5.93. The van der Waals surface area contributed by atoms with Crippen molar-refractivity contribution in [1.82, 2.24) is 5.32 Å². The van der Waals surface area contributed by atoms with Gasteiger partial charge in [0.15, 0.2) is 11.5 Å². The summed E-state index contributed by atoms with van der Waals surface area (Å²) in [5.74, 6) is -0.606. The van der Waals surface area contributed by atoms with Crippen LogP contribution in [0.3, 0.4) is 0 Å². The van der Waals surface area contributed by atoms with E-state index in [0.29, 0.717) is 39.6 Å². The minimum Gasteiger partial charge on any atom is -0.466 e. The minimum absolute atomic E-state index is 0.0883. The minimum atomic E-state index is -0.681. The van der Waals surface area contributed by atoms with Crippen LogP contribution in [0, 0.1) is 0 Å². The SMILES string of the molecule is CCOC(=O)C1=C(C)NC(C)=C(C(=O)OC)[C@H]1c1cccc2c1OCO2. The maximum absolute atomic E-state index is 12.7. The molecule has 0 spiro atoms. The number of dihydropyridines is 1. The van der Waals surface area contributed by atoms with Crippen molar-refractivity contribution >= 4 is 11.9 Å². The van der Waals surface area contributed by atoms with E-state index in [4.69, 9.17) is 18.9 Å². The molecule has 1 N–H and O–H groups in total. The number of esters is 2. The van der Waals surface area contributed by atoms with E-state index in [1.807, 2.05) is 6.07 Å². The van der Waals surface area contributed by atoms with Crippen LogP contribution in [0.15, 0.2) is 40.7 Å². The molecule has 0 amide bonds. The molecule has 26 heavy (non-hydrogen) atoms. The molecular formula is C19H21NO6. The second kappa shape index (κ2) is 7.11. The zero-order valence-corrected chi connectivity index (χ0v) is 15.2. The number of nitrogens with one attached hydrogen (secondary N) is 1. The molecule has 0 radical (unpaired) electrons. The average Bonchev–Trinajstić information content (AvgIpc) is 3.09. The number of fused-ring (bicyclic) bond motifs is 1. The molecule has 1 aromatic carbocycles. The summed E-state index contributed by atoms with van der Waals surface area (Å²) < 4.78 is 21.3. The molecule has 2 aliphatic heterocycles. The first-order valence-corrected chi connectivity index (χ1v) is 8.32. The number of benzene rings is 1. The number of carbonyl (C=O) groups excluding carboxylic acids is 2. The molecule has 0 saturated heterocycles.